The van der Waals surface area contributed by atoms with Gasteiger partial charge in [-0.2, -0.15) is 0 Å². The van der Waals surface area contributed by atoms with Gasteiger partial charge in [0.15, 0.2) is 0 Å². The van der Waals surface area contributed by atoms with Gasteiger partial charge in [-0.25, -0.2) is 0 Å². The Morgan fingerprint density at radius 2 is 1.91 bits per heavy atom. The molecule has 1 amide bonds. The topological polar surface area (TPSA) is 75.9 Å². The van der Waals surface area contributed by atoms with E-state index in [4.69, 9.17) is 9.26 Å². The van der Waals surface area contributed by atoms with E-state index in [1.54, 1.807) is 0 Å². The number of hydrogen-bond acceptors (Lipinski definition) is 6. The number of carbonyl (C=O) groups is 2. The van der Waals surface area contributed by atoms with Crippen molar-refractivity contribution >= 4 is 11.9 Å². The predicted molar refractivity (Wildman–Crippen MR) is 79.3 cm³/mol. The molecule has 1 fully saturated rings. The monoisotopic (exact) mass is 309 g/mol. The molecule has 122 valence electrons. The summed E-state index contributed by atoms with van der Waals surface area (Å²) in [6, 6.07) is -0.273. The molecule has 0 spiro atoms. The van der Waals surface area contributed by atoms with Crippen LogP contribution in [-0.4, -0.2) is 66.2 Å². The number of amides is 1. The van der Waals surface area contributed by atoms with Gasteiger partial charge in [-0.05, 0) is 20.8 Å². The van der Waals surface area contributed by atoms with Crippen LogP contribution in [0.2, 0.25) is 0 Å². The first-order valence-electron chi connectivity index (χ1n) is 7.45. The third-order valence-corrected chi connectivity index (χ3v) is 4.27. The van der Waals surface area contributed by atoms with Gasteiger partial charge in [0.1, 0.15) is 11.8 Å². The summed E-state index contributed by atoms with van der Waals surface area (Å²) in [6.45, 7) is 8.06. The third kappa shape index (κ3) is 3.47. The van der Waals surface area contributed by atoms with E-state index < -0.39 is 0 Å². The van der Waals surface area contributed by atoms with Crippen molar-refractivity contribution < 1.29 is 18.8 Å². The second-order valence-electron chi connectivity index (χ2n) is 5.60. The fourth-order valence-electron chi connectivity index (χ4n) is 2.70. The molecule has 1 aliphatic rings. The lowest BCUT2D eigenvalue weighted by Crippen LogP contribution is -2.53. The minimum Gasteiger partial charge on any atom is -0.468 e. The van der Waals surface area contributed by atoms with Crippen molar-refractivity contribution in [3.05, 3.63) is 17.0 Å². The molecule has 0 unspecified atom stereocenters. The number of carbonyl (C=O) groups excluding carboxylic acids is 2. The van der Waals surface area contributed by atoms with E-state index in [9.17, 15) is 9.59 Å². The standard InChI is InChI=1S/C15H23N3O4/c1-10-13(12(3)22-16-10)9-14(19)18-7-5-17(6-8-18)11(2)15(20)21-4/h11H,5-9H2,1-4H3/t11-/m0/s1. The number of piperazine rings is 1. The number of rotatable bonds is 4. The van der Waals surface area contributed by atoms with Gasteiger partial charge in [0.05, 0.1) is 19.2 Å². The number of aromatic nitrogens is 1. The van der Waals surface area contributed by atoms with Crippen LogP contribution in [0, 0.1) is 13.8 Å². The highest BCUT2D eigenvalue weighted by Gasteiger charge is 2.28. The van der Waals surface area contributed by atoms with Gasteiger partial charge in [0.2, 0.25) is 5.91 Å². The number of methoxy groups -OCH3 is 1. The molecule has 0 saturated carbocycles. The maximum atomic E-state index is 12.4. The minimum atomic E-state index is -0.273. The van der Waals surface area contributed by atoms with Crippen molar-refractivity contribution in [2.24, 2.45) is 0 Å². The van der Waals surface area contributed by atoms with E-state index in [1.807, 2.05) is 30.6 Å². The predicted octanol–water partition coefficient (Wildman–Crippen LogP) is 0.540. The van der Waals surface area contributed by atoms with Gasteiger partial charge in [0.25, 0.3) is 0 Å². The van der Waals surface area contributed by atoms with Gasteiger partial charge in [-0.15, -0.1) is 0 Å². The first-order chi connectivity index (χ1) is 10.4. The summed E-state index contributed by atoms with van der Waals surface area (Å²) >= 11 is 0. The normalized spacial score (nSPS) is 17.4. The molecule has 7 heteroatoms. The highest BCUT2D eigenvalue weighted by molar-refractivity contribution is 5.79. The molecule has 7 nitrogen and oxygen atoms in total. The average molecular weight is 309 g/mol. The highest BCUT2D eigenvalue weighted by atomic mass is 16.5. The van der Waals surface area contributed by atoms with E-state index in [2.05, 4.69) is 5.16 Å². The van der Waals surface area contributed by atoms with Crippen LogP contribution < -0.4 is 0 Å². The number of aryl methyl sites for hydroxylation is 2. The Labute approximate surface area is 130 Å². The fourth-order valence-corrected chi connectivity index (χ4v) is 2.70. The van der Waals surface area contributed by atoms with Gasteiger partial charge in [-0.3, -0.25) is 14.5 Å². The molecule has 0 N–H and O–H groups in total. The van der Waals surface area contributed by atoms with Gasteiger partial charge >= 0.3 is 5.97 Å². The molecule has 0 aromatic carbocycles. The molecule has 2 rings (SSSR count). The van der Waals surface area contributed by atoms with Crippen molar-refractivity contribution in [1.29, 1.82) is 0 Å². The van der Waals surface area contributed by atoms with Crippen molar-refractivity contribution in [2.45, 2.75) is 33.2 Å². The Morgan fingerprint density at radius 1 is 1.27 bits per heavy atom. The second kappa shape index (κ2) is 6.91. The van der Waals surface area contributed by atoms with Crippen LogP contribution in [0.15, 0.2) is 4.52 Å². The third-order valence-electron chi connectivity index (χ3n) is 4.27. The van der Waals surface area contributed by atoms with E-state index >= 15 is 0 Å². The Morgan fingerprint density at radius 3 is 2.41 bits per heavy atom. The van der Waals surface area contributed by atoms with E-state index in [0.29, 0.717) is 38.4 Å². The molecule has 1 aliphatic heterocycles. The fraction of sp³-hybridized carbons (Fsp3) is 0.667. The first kappa shape index (κ1) is 16.5. The Bertz CT molecular complexity index is 527. The minimum absolute atomic E-state index is 0.0692. The molecular weight excluding hydrogens is 286 g/mol. The summed E-state index contributed by atoms with van der Waals surface area (Å²) in [5.41, 5.74) is 1.64. The second-order valence-corrected chi connectivity index (χ2v) is 5.60. The summed E-state index contributed by atoms with van der Waals surface area (Å²) in [4.78, 5) is 27.8. The lowest BCUT2D eigenvalue weighted by Gasteiger charge is -2.37. The van der Waals surface area contributed by atoms with E-state index in [-0.39, 0.29) is 17.9 Å². The lowest BCUT2D eigenvalue weighted by molar-refractivity contribution is -0.147. The maximum absolute atomic E-state index is 12.4. The van der Waals surface area contributed by atoms with Crippen LogP contribution >= 0.6 is 0 Å². The Kier molecular flexibility index (Phi) is 5.18. The number of nitrogens with zero attached hydrogens (tertiary/aromatic N) is 3. The Hall–Kier alpha value is -1.89. The van der Waals surface area contributed by atoms with Crippen LogP contribution in [0.3, 0.4) is 0 Å². The lowest BCUT2D eigenvalue weighted by atomic mass is 10.1. The zero-order valence-electron chi connectivity index (χ0n) is 13.6. The molecule has 0 radical (unpaired) electrons. The number of hydrogen-bond donors (Lipinski definition) is 0. The van der Waals surface area contributed by atoms with Crippen molar-refractivity contribution in [3.8, 4) is 0 Å². The molecular formula is C15H23N3O4. The van der Waals surface area contributed by atoms with Crippen LogP contribution in [0.1, 0.15) is 23.9 Å². The molecule has 2 heterocycles. The molecule has 0 bridgehead atoms. The molecule has 0 aliphatic carbocycles. The van der Waals surface area contributed by atoms with Gasteiger partial charge in [-0.1, -0.05) is 5.16 Å². The summed E-state index contributed by atoms with van der Waals surface area (Å²) in [7, 11) is 1.39. The van der Waals surface area contributed by atoms with Crippen molar-refractivity contribution in [3.63, 3.8) is 0 Å². The van der Waals surface area contributed by atoms with Crippen molar-refractivity contribution in [2.75, 3.05) is 33.3 Å². The quantitative estimate of drug-likeness (QED) is 0.756. The maximum Gasteiger partial charge on any atom is 0.322 e. The summed E-state index contributed by atoms with van der Waals surface area (Å²) in [6.07, 6.45) is 0.313. The van der Waals surface area contributed by atoms with Gasteiger partial charge < -0.3 is 14.2 Å². The largest absolute Gasteiger partial charge is 0.468 e. The zero-order chi connectivity index (χ0) is 16.3. The Balaban J connectivity index is 1.89. The summed E-state index contributed by atoms with van der Waals surface area (Å²) in [5, 5.41) is 3.87. The summed E-state index contributed by atoms with van der Waals surface area (Å²) in [5.74, 6) is 0.527. The van der Waals surface area contributed by atoms with Crippen LogP contribution in [-0.2, 0) is 20.7 Å². The first-order valence-corrected chi connectivity index (χ1v) is 7.45. The zero-order valence-corrected chi connectivity index (χ0v) is 13.6. The van der Waals surface area contributed by atoms with Crippen LogP contribution in [0.25, 0.3) is 0 Å². The van der Waals surface area contributed by atoms with Crippen LogP contribution in [0.4, 0.5) is 0 Å². The smallest absolute Gasteiger partial charge is 0.322 e. The van der Waals surface area contributed by atoms with Gasteiger partial charge in [0, 0.05) is 31.7 Å². The SMILES string of the molecule is COC(=O)[C@H](C)N1CCN(C(=O)Cc2c(C)noc2C)CC1. The van der Waals surface area contributed by atoms with Crippen molar-refractivity contribution in [1.82, 2.24) is 15.0 Å². The number of ether oxygens (including phenoxy) is 1. The highest BCUT2D eigenvalue weighted by Crippen LogP contribution is 2.15. The van der Waals surface area contributed by atoms with E-state index in [1.165, 1.54) is 7.11 Å². The molecule has 1 aromatic rings. The van der Waals surface area contributed by atoms with E-state index in [0.717, 1.165) is 11.3 Å². The molecule has 22 heavy (non-hydrogen) atoms. The molecule has 1 aromatic heterocycles. The molecule has 1 saturated heterocycles. The molecule has 1 atom stereocenters. The number of esters is 1. The average Bonchev–Trinajstić information content (AvgIpc) is 2.85. The summed E-state index contributed by atoms with van der Waals surface area (Å²) < 4.78 is 9.85. The van der Waals surface area contributed by atoms with Crippen LogP contribution in [0.5, 0.6) is 0 Å².